The van der Waals surface area contributed by atoms with E-state index in [1.54, 1.807) is 0 Å². The van der Waals surface area contributed by atoms with E-state index in [1.165, 1.54) is 0 Å². The molecule has 1 atom stereocenters. The van der Waals surface area contributed by atoms with Gasteiger partial charge in [0.15, 0.2) is 0 Å². The van der Waals surface area contributed by atoms with E-state index in [4.69, 9.17) is 0 Å². The Kier molecular flexibility index (Phi) is 4.90. The number of nitrogens with one attached hydrogen (secondary N) is 1. The summed E-state index contributed by atoms with van der Waals surface area (Å²) in [6.07, 6.45) is 1.83. The van der Waals surface area contributed by atoms with Gasteiger partial charge in [0.05, 0.1) is 6.54 Å². The van der Waals surface area contributed by atoms with Gasteiger partial charge in [-0.1, -0.05) is 6.07 Å². The summed E-state index contributed by atoms with van der Waals surface area (Å²) in [5.41, 5.74) is 0. The second kappa shape index (κ2) is 7.07. The number of pyridine rings is 1. The highest BCUT2D eigenvalue weighted by atomic mass is 16.2. The zero-order valence-corrected chi connectivity index (χ0v) is 13.2. The number of nitrogens with zero attached hydrogens (tertiary/aromatic N) is 4. The molecule has 0 spiro atoms. The van der Waals surface area contributed by atoms with Gasteiger partial charge in [-0.3, -0.25) is 9.69 Å². The lowest BCUT2D eigenvalue weighted by molar-refractivity contribution is -0.135. The highest BCUT2D eigenvalue weighted by Crippen LogP contribution is 2.13. The Hall–Kier alpha value is -1.66. The van der Waals surface area contributed by atoms with Crippen molar-refractivity contribution >= 4 is 11.7 Å². The number of piperazine rings is 2. The quantitative estimate of drug-likeness (QED) is 0.853. The van der Waals surface area contributed by atoms with Crippen LogP contribution in [0.4, 0.5) is 5.82 Å². The molecule has 0 unspecified atom stereocenters. The van der Waals surface area contributed by atoms with Crippen molar-refractivity contribution in [2.75, 3.05) is 57.3 Å². The molecule has 0 bridgehead atoms. The first-order valence-electron chi connectivity index (χ1n) is 8.12. The minimum atomic E-state index is 0.264. The van der Waals surface area contributed by atoms with Crippen LogP contribution in [-0.4, -0.2) is 79.1 Å². The van der Waals surface area contributed by atoms with E-state index in [0.717, 1.165) is 51.6 Å². The second-order valence-electron chi connectivity index (χ2n) is 6.09. The molecular formula is C16H25N5O. The Labute approximate surface area is 132 Å². The fourth-order valence-electron chi connectivity index (χ4n) is 3.17. The van der Waals surface area contributed by atoms with Crippen molar-refractivity contribution in [1.29, 1.82) is 0 Å². The van der Waals surface area contributed by atoms with Crippen molar-refractivity contribution in [3.63, 3.8) is 0 Å². The first kappa shape index (κ1) is 15.2. The van der Waals surface area contributed by atoms with Gasteiger partial charge in [0.1, 0.15) is 5.82 Å². The van der Waals surface area contributed by atoms with Crippen LogP contribution in [0.2, 0.25) is 0 Å². The van der Waals surface area contributed by atoms with Crippen molar-refractivity contribution in [2.45, 2.75) is 13.0 Å². The predicted molar refractivity (Wildman–Crippen MR) is 86.9 cm³/mol. The van der Waals surface area contributed by atoms with Crippen LogP contribution in [0.3, 0.4) is 0 Å². The fraction of sp³-hybridized carbons (Fsp3) is 0.625. The summed E-state index contributed by atoms with van der Waals surface area (Å²) in [5.74, 6) is 1.30. The molecule has 6 nitrogen and oxygen atoms in total. The van der Waals surface area contributed by atoms with Crippen LogP contribution < -0.4 is 10.2 Å². The molecule has 6 heteroatoms. The molecule has 2 fully saturated rings. The van der Waals surface area contributed by atoms with Gasteiger partial charge in [0, 0.05) is 58.1 Å². The lowest BCUT2D eigenvalue weighted by atomic mass is 10.2. The summed E-state index contributed by atoms with van der Waals surface area (Å²) in [5, 5.41) is 3.33. The third-order valence-corrected chi connectivity index (χ3v) is 4.53. The molecule has 0 aromatic carbocycles. The highest BCUT2D eigenvalue weighted by molar-refractivity contribution is 5.78. The summed E-state index contributed by atoms with van der Waals surface area (Å²) in [6, 6.07) is 6.30. The Morgan fingerprint density at radius 1 is 1.27 bits per heavy atom. The SMILES string of the molecule is C[C@@H]1CNCCN1C(=O)CN1CCN(c2ccccn2)CC1. The summed E-state index contributed by atoms with van der Waals surface area (Å²) in [7, 11) is 0. The van der Waals surface area contributed by atoms with Crippen LogP contribution in [-0.2, 0) is 4.79 Å². The Morgan fingerprint density at radius 2 is 2.09 bits per heavy atom. The molecule has 1 N–H and O–H groups in total. The summed E-state index contributed by atoms with van der Waals surface area (Å²) in [6.45, 7) is 8.99. The van der Waals surface area contributed by atoms with Crippen LogP contribution in [0.5, 0.6) is 0 Å². The largest absolute Gasteiger partial charge is 0.354 e. The minimum absolute atomic E-state index is 0.264. The maximum absolute atomic E-state index is 12.5. The van der Waals surface area contributed by atoms with Crippen molar-refractivity contribution in [2.24, 2.45) is 0 Å². The van der Waals surface area contributed by atoms with Crippen LogP contribution in [0, 0.1) is 0 Å². The van der Waals surface area contributed by atoms with Crippen LogP contribution in [0.25, 0.3) is 0 Å². The Morgan fingerprint density at radius 3 is 2.77 bits per heavy atom. The first-order valence-corrected chi connectivity index (χ1v) is 8.12. The number of rotatable bonds is 3. The summed E-state index contributed by atoms with van der Waals surface area (Å²) in [4.78, 5) is 23.4. The fourth-order valence-corrected chi connectivity index (χ4v) is 3.17. The molecule has 120 valence electrons. The van der Waals surface area contributed by atoms with E-state index >= 15 is 0 Å². The molecular weight excluding hydrogens is 278 g/mol. The summed E-state index contributed by atoms with van der Waals surface area (Å²) >= 11 is 0. The molecule has 2 aliphatic heterocycles. The number of aromatic nitrogens is 1. The molecule has 1 aromatic heterocycles. The number of carbonyl (C=O) groups excluding carboxylic acids is 1. The number of carbonyl (C=O) groups is 1. The van der Waals surface area contributed by atoms with E-state index in [9.17, 15) is 4.79 Å². The average Bonchev–Trinajstić information content (AvgIpc) is 2.57. The molecule has 0 saturated carbocycles. The summed E-state index contributed by atoms with van der Waals surface area (Å²) < 4.78 is 0. The number of amides is 1. The van der Waals surface area contributed by atoms with Crippen molar-refractivity contribution in [3.05, 3.63) is 24.4 Å². The third-order valence-electron chi connectivity index (χ3n) is 4.53. The van der Waals surface area contributed by atoms with E-state index in [0.29, 0.717) is 12.6 Å². The molecule has 1 amide bonds. The predicted octanol–water partition coefficient (Wildman–Crippen LogP) is 0.0239. The van der Waals surface area contributed by atoms with Gasteiger partial charge in [0.2, 0.25) is 5.91 Å². The van der Waals surface area contributed by atoms with E-state index in [-0.39, 0.29) is 5.91 Å². The maximum Gasteiger partial charge on any atom is 0.237 e. The van der Waals surface area contributed by atoms with Gasteiger partial charge < -0.3 is 15.1 Å². The molecule has 2 aliphatic rings. The molecule has 3 heterocycles. The topological polar surface area (TPSA) is 51.7 Å². The van der Waals surface area contributed by atoms with E-state index in [1.807, 2.05) is 29.3 Å². The lowest BCUT2D eigenvalue weighted by Crippen LogP contribution is -2.56. The second-order valence-corrected chi connectivity index (χ2v) is 6.09. The number of hydrogen-bond donors (Lipinski definition) is 1. The monoisotopic (exact) mass is 303 g/mol. The highest BCUT2D eigenvalue weighted by Gasteiger charge is 2.26. The van der Waals surface area contributed by atoms with Gasteiger partial charge in [-0.25, -0.2) is 4.98 Å². The van der Waals surface area contributed by atoms with Crippen molar-refractivity contribution in [3.8, 4) is 0 Å². The zero-order valence-electron chi connectivity index (χ0n) is 13.2. The van der Waals surface area contributed by atoms with Crippen molar-refractivity contribution in [1.82, 2.24) is 20.1 Å². The van der Waals surface area contributed by atoms with Crippen LogP contribution in [0.1, 0.15) is 6.92 Å². The molecule has 0 aliphatic carbocycles. The van der Waals surface area contributed by atoms with Crippen LogP contribution in [0.15, 0.2) is 24.4 Å². The van der Waals surface area contributed by atoms with Gasteiger partial charge in [-0.15, -0.1) is 0 Å². The van der Waals surface area contributed by atoms with Gasteiger partial charge in [0.25, 0.3) is 0 Å². The molecule has 1 aromatic rings. The van der Waals surface area contributed by atoms with Gasteiger partial charge in [-0.05, 0) is 19.1 Å². The average molecular weight is 303 g/mol. The van der Waals surface area contributed by atoms with Gasteiger partial charge >= 0.3 is 0 Å². The number of anilines is 1. The lowest BCUT2D eigenvalue weighted by Gasteiger charge is -2.38. The normalized spacial score (nSPS) is 23.6. The number of hydrogen-bond acceptors (Lipinski definition) is 5. The van der Waals surface area contributed by atoms with Crippen LogP contribution >= 0.6 is 0 Å². The van der Waals surface area contributed by atoms with E-state index < -0.39 is 0 Å². The molecule has 22 heavy (non-hydrogen) atoms. The standard InChI is InChI=1S/C16H25N5O/c1-14-12-17-6-7-21(14)16(22)13-19-8-10-20(11-9-19)15-4-2-3-5-18-15/h2-5,14,17H,6-13H2,1H3/t14-/m1/s1. The maximum atomic E-state index is 12.5. The Balaban J connectivity index is 1.48. The Bertz CT molecular complexity index is 487. The first-order chi connectivity index (χ1) is 10.7. The third kappa shape index (κ3) is 3.56. The molecule has 3 rings (SSSR count). The van der Waals surface area contributed by atoms with E-state index in [2.05, 4.69) is 27.0 Å². The zero-order chi connectivity index (χ0) is 15.4. The minimum Gasteiger partial charge on any atom is -0.354 e. The van der Waals surface area contributed by atoms with Crippen molar-refractivity contribution < 1.29 is 4.79 Å². The molecule has 2 saturated heterocycles. The smallest absolute Gasteiger partial charge is 0.237 e. The molecule has 0 radical (unpaired) electrons. The van der Waals surface area contributed by atoms with Gasteiger partial charge in [-0.2, -0.15) is 0 Å².